The highest BCUT2D eigenvalue weighted by Crippen LogP contribution is 2.25. The minimum absolute atomic E-state index is 0.0866. The van der Waals surface area contributed by atoms with Gasteiger partial charge in [-0.2, -0.15) is 8.78 Å². The van der Waals surface area contributed by atoms with Gasteiger partial charge in [0, 0.05) is 17.0 Å². The van der Waals surface area contributed by atoms with Crippen molar-refractivity contribution < 1.29 is 18.4 Å². The van der Waals surface area contributed by atoms with E-state index in [-0.39, 0.29) is 6.54 Å². The molecule has 4 nitrogen and oxygen atoms in total. The van der Waals surface area contributed by atoms with Crippen LogP contribution in [0.3, 0.4) is 0 Å². The van der Waals surface area contributed by atoms with Crippen LogP contribution < -0.4 is 5.43 Å². The van der Waals surface area contributed by atoms with Crippen LogP contribution in [0.1, 0.15) is 22.8 Å². The molecule has 1 N–H and O–H groups in total. The largest absolute Gasteiger partial charge is 0.323 e. The molecule has 1 heterocycles. The van der Waals surface area contributed by atoms with E-state index in [1.807, 2.05) is 5.43 Å². The molecule has 96 valence electrons. The highest BCUT2D eigenvalue weighted by molar-refractivity contribution is 9.10. The van der Waals surface area contributed by atoms with Crippen LogP contribution in [-0.4, -0.2) is 22.7 Å². The van der Waals surface area contributed by atoms with Crippen LogP contribution in [0.5, 0.6) is 0 Å². The number of hydrogen-bond donors (Lipinski definition) is 1. The normalized spacial score (nSPS) is 14.7. The number of rotatable bonds is 2. The van der Waals surface area contributed by atoms with Crippen LogP contribution in [0.4, 0.5) is 8.78 Å². The van der Waals surface area contributed by atoms with Gasteiger partial charge in [0.1, 0.15) is 0 Å². The van der Waals surface area contributed by atoms with Gasteiger partial charge in [-0.15, -0.1) is 0 Å². The molecule has 0 aliphatic carbocycles. The molecule has 18 heavy (non-hydrogen) atoms. The third-order valence-corrected chi connectivity index (χ3v) is 3.00. The first-order valence-corrected chi connectivity index (χ1v) is 5.87. The summed E-state index contributed by atoms with van der Waals surface area (Å²) in [5.74, 6) is -5.51. The van der Waals surface area contributed by atoms with E-state index in [2.05, 4.69) is 15.9 Å². The van der Waals surface area contributed by atoms with Crippen LogP contribution in [0.25, 0.3) is 0 Å². The monoisotopic (exact) mass is 318 g/mol. The number of alkyl halides is 2. The first kappa shape index (κ1) is 12.9. The summed E-state index contributed by atoms with van der Waals surface area (Å²) in [7, 11) is 0. The van der Waals surface area contributed by atoms with Crippen molar-refractivity contribution in [2.75, 3.05) is 0 Å². The van der Waals surface area contributed by atoms with Crippen molar-refractivity contribution in [1.29, 1.82) is 0 Å². The number of carbonyl (C=O) groups excluding carboxylic acids is 2. The Morgan fingerprint density at radius 3 is 2.78 bits per heavy atom. The van der Waals surface area contributed by atoms with Gasteiger partial charge in [0.15, 0.2) is 0 Å². The number of nitrogens with one attached hydrogen (secondary N) is 1. The maximum absolute atomic E-state index is 12.7. The van der Waals surface area contributed by atoms with Crippen LogP contribution >= 0.6 is 15.9 Å². The van der Waals surface area contributed by atoms with Gasteiger partial charge in [-0.25, -0.2) is 5.01 Å². The molecule has 0 unspecified atom stereocenters. The number of hydrazine groups is 1. The van der Waals surface area contributed by atoms with Crippen LogP contribution in [-0.2, 0) is 11.3 Å². The molecule has 7 heteroatoms. The zero-order chi connectivity index (χ0) is 13.5. The van der Waals surface area contributed by atoms with Crippen LogP contribution in [0.15, 0.2) is 22.7 Å². The first-order valence-electron chi connectivity index (χ1n) is 5.08. The number of halogens is 3. The third kappa shape index (κ3) is 2.35. The average Bonchev–Trinajstić information content (AvgIpc) is 2.55. The van der Waals surface area contributed by atoms with Crippen molar-refractivity contribution in [3.8, 4) is 0 Å². The first-order chi connectivity index (χ1) is 8.29. The van der Waals surface area contributed by atoms with Gasteiger partial charge in [-0.05, 0) is 17.7 Å². The molecule has 0 saturated heterocycles. The Bertz CT molecular complexity index is 528. The second-order valence-corrected chi connectivity index (χ2v) is 4.94. The standard InChI is InChI=1S/C11H9BrF2N2O2/c1-11(13,14)10(18)15-16-5-6-2-3-7(12)4-8(6)9(16)17/h2-4H,5H2,1H3,(H,15,18). The molecule has 0 radical (unpaired) electrons. The highest BCUT2D eigenvalue weighted by Gasteiger charge is 2.37. The van der Waals surface area contributed by atoms with Gasteiger partial charge in [0.05, 0.1) is 6.54 Å². The van der Waals surface area contributed by atoms with Crippen LogP contribution in [0.2, 0.25) is 0 Å². The lowest BCUT2D eigenvalue weighted by molar-refractivity contribution is -0.147. The van der Waals surface area contributed by atoms with Gasteiger partial charge in [-0.3, -0.25) is 15.0 Å². The van der Waals surface area contributed by atoms with Crippen molar-refractivity contribution in [1.82, 2.24) is 10.4 Å². The van der Waals surface area contributed by atoms with Crippen LogP contribution in [0, 0.1) is 0 Å². The minimum atomic E-state index is -3.52. The summed E-state index contributed by atoms with van der Waals surface area (Å²) in [6, 6.07) is 5.04. The molecule has 2 amide bonds. The average molecular weight is 319 g/mol. The summed E-state index contributed by atoms with van der Waals surface area (Å²) in [4.78, 5) is 23.0. The Morgan fingerprint density at radius 2 is 2.17 bits per heavy atom. The molecule has 0 bridgehead atoms. The van der Waals surface area contributed by atoms with E-state index in [4.69, 9.17) is 0 Å². The fourth-order valence-corrected chi connectivity index (χ4v) is 1.95. The zero-order valence-electron chi connectivity index (χ0n) is 9.34. The number of carbonyl (C=O) groups is 2. The quantitative estimate of drug-likeness (QED) is 0.907. The molecule has 0 atom stereocenters. The number of benzene rings is 1. The second kappa shape index (κ2) is 4.31. The fourth-order valence-electron chi connectivity index (χ4n) is 1.58. The van der Waals surface area contributed by atoms with Crippen molar-refractivity contribution in [3.63, 3.8) is 0 Å². The molecule has 1 aromatic rings. The Balaban J connectivity index is 2.17. The van der Waals surface area contributed by atoms with E-state index in [1.165, 1.54) is 0 Å². The van der Waals surface area contributed by atoms with E-state index in [9.17, 15) is 18.4 Å². The minimum Gasteiger partial charge on any atom is -0.267 e. The summed E-state index contributed by atoms with van der Waals surface area (Å²) in [6.45, 7) is 0.565. The van der Waals surface area contributed by atoms with Crippen molar-refractivity contribution in [2.45, 2.75) is 19.4 Å². The number of nitrogens with zero attached hydrogens (tertiary/aromatic N) is 1. The smallest absolute Gasteiger partial charge is 0.267 e. The molecular formula is C11H9BrF2N2O2. The van der Waals surface area contributed by atoms with E-state index in [0.717, 1.165) is 5.01 Å². The molecule has 1 aromatic carbocycles. The van der Waals surface area contributed by atoms with Gasteiger partial charge in [-0.1, -0.05) is 22.0 Å². The molecule has 0 aromatic heterocycles. The molecule has 1 aliphatic heterocycles. The maximum Gasteiger partial charge on any atom is 0.323 e. The van der Waals surface area contributed by atoms with E-state index in [1.54, 1.807) is 18.2 Å². The third-order valence-electron chi connectivity index (χ3n) is 2.51. The molecule has 0 fully saturated rings. The maximum atomic E-state index is 12.7. The Morgan fingerprint density at radius 1 is 1.50 bits per heavy atom. The molecule has 1 aliphatic rings. The Kier molecular flexibility index (Phi) is 3.10. The lowest BCUT2D eigenvalue weighted by atomic mass is 10.1. The molecule has 0 spiro atoms. The molecule has 2 rings (SSSR count). The van der Waals surface area contributed by atoms with Crippen molar-refractivity contribution >= 4 is 27.7 Å². The summed E-state index contributed by atoms with van der Waals surface area (Å²) in [6.07, 6.45) is 0. The van der Waals surface area contributed by atoms with Gasteiger partial charge in [0.25, 0.3) is 5.91 Å². The summed E-state index contributed by atoms with van der Waals surface area (Å²) in [5, 5.41) is 0.886. The molecular weight excluding hydrogens is 310 g/mol. The summed E-state index contributed by atoms with van der Waals surface area (Å²) >= 11 is 3.22. The van der Waals surface area contributed by atoms with Crippen molar-refractivity contribution in [3.05, 3.63) is 33.8 Å². The second-order valence-electron chi connectivity index (χ2n) is 4.02. The molecule has 0 saturated carbocycles. The van der Waals surface area contributed by atoms with Gasteiger partial charge < -0.3 is 0 Å². The number of amides is 2. The topological polar surface area (TPSA) is 49.4 Å². The Hall–Kier alpha value is -1.50. The zero-order valence-corrected chi connectivity index (χ0v) is 10.9. The number of fused-ring (bicyclic) bond motifs is 1. The fraction of sp³-hybridized carbons (Fsp3) is 0.273. The van der Waals surface area contributed by atoms with E-state index in [0.29, 0.717) is 22.5 Å². The summed E-state index contributed by atoms with van der Waals surface area (Å²) in [5.41, 5.74) is 2.99. The lowest BCUT2D eigenvalue weighted by Crippen LogP contribution is -2.48. The van der Waals surface area contributed by atoms with Gasteiger partial charge >= 0.3 is 11.8 Å². The Labute approximate surface area is 110 Å². The predicted molar refractivity (Wildman–Crippen MR) is 62.8 cm³/mol. The summed E-state index contributed by atoms with van der Waals surface area (Å²) < 4.78 is 26.2. The SMILES string of the molecule is CC(F)(F)C(=O)NN1Cc2ccc(Br)cc2C1=O. The van der Waals surface area contributed by atoms with Crippen molar-refractivity contribution in [2.24, 2.45) is 0 Å². The van der Waals surface area contributed by atoms with E-state index >= 15 is 0 Å². The lowest BCUT2D eigenvalue weighted by Gasteiger charge is -2.19. The number of hydrogen-bond acceptors (Lipinski definition) is 2. The van der Waals surface area contributed by atoms with E-state index < -0.39 is 17.7 Å². The predicted octanol–water partition coefficient (Wildman–Crippen LogP) is 2.09. The highest BCUT2D eigenvalue weighted by atomic mass is 79.9. The van der Waals surface area contributed by atoms with Gasteiger partial charge in [0.2, 0.25) is 0 Å².